The van der Waals surface area contributed by atoms with Gasteiger partial charge in [-0.15, -0.1) is 0 Å². The van der Waals surface area contributed by atoms with E-state index < -0.39 is 0 Å². The molecule has 126 valence electrons. The van der Waals surface area contributed by atoms with E-state index in [1.165, 1.54) is 0 Å². The molecule has 1 saturated heterocycles. The van der Waals surface area contributed by atoms with E-state index in [-0.39, 0.29) is 18.0 Å². The lowest BCUT2D eigenvalue weighted by Gasteiger charge is -2.13. The van der Waals surface area contributed by atoms with E-state index >= 15 is 0 Å². The van der Waals surface area contributed by atoms with Crippen molar-refractivity contribution in [2.24, 2.45) is 0 Å². The summed E-state index contributed by atoms with van der Waals surface area (Å²) in [7, 11) is 3.13. The van der Waals surface area contributed by atoms with E-state index in [9.17, 15) is 4.79 Å². The molecule has 7 heteroatoms. The number of rotatable bonds is 5. The number of aromatic nitrogens is 1. The zero-order valence-corrected chi connectivity index (χ0v) is 13.6. The van der Waals surface area contributed by atoms with Gasteiger partial charge < -0.3 is 14.8 Å². The fourth-order valence-corrected chi connectivity index (χ4v) is 2.69. The lowest BCUT2D eigenvalue weighted by Crippen LogP contribution is -2.39. The Balaban J connectivity index is 1.64. The van der Waals surface area contributed by atoms with Crippen molar-refractivity contribution < 1.29 is 14.3 Å². The van der Waals surface area contributed by atoms with Crippen molar-refractivity contribution in [2.45, 2.75) is 18.5 Å². The number of nitrogens with one attached hydrogen (secondary N) is 3. The first-order valence-electron chi connectivity index (χ1n) is 7.65. The molecule has 0 spiro atoms. The van der Waals surface area contributed by atoms with Gasteiger partial charge in [-0.1, -0.05) is 0 Å². The number of pyridine rings is 1. The fourth-order valence-electron chi connectivity index (χ4n) is 2.69. The molecular formula is C17H20N4O3. The van der Waals surface area contributed by atoms with Crippen LogP contribution in [-0.2, 0) is 4.79 Å². The molecule has 0 radical (unpaired) electrons. The summed E-state index contributed by atoms with van der Waals surface area (Å²) >= 11 is 0. The summed E-state index contributed by atoms with van der Waals surface area (Å²) in [6, 6.07) is 8.91. The highest BCUT2D eigenvalue weighted by Gasteiger charge is 2.30. The Morgan fingerprint density at radius 2 is 1.88 bits per heavy atom. The predicted octanol–water partition coefficient (Wildman–Crippen LogP) is 1.65. The number of carbonyl (C=O) groups excluding carboxylic acids is 1. The van der Waals surface area contributed by atoms with Crippen molar-refractivity contribution in [2.75, 3.05) is 19.5 Å². The van der Waals surface area contributed by atoms with Gasteiger partial charge in [0.25, 0.3) is 0 Å². The Morgan fingerprint density at radius 1 is 1.12 bits per heavy atom. The van der Waals surface area contributed by atoms with Gasteiger partial charge in [0.1, 0.15) is 6.04 Å². The third-order valence-electron chi connectivity index (χ3n) is 3.98. The summed E-state index contributed by atoms with van der Waals surface area (Å²) < 4.78 is 10.4. The second-order valence-electron chi connectivity index (χ2n) is 5.47. The molecule has 0 aliphatic carbocycles. The maximum Gasteiger partial charge on any atom is 0.242 e. The molecule has 2 unspecified atom stereocenters. The summed E-state index contributed by atoms with van der Waals surface area (Å²) in [4.78, 5) is 16.5. The number of hydrazine groups is 1. The second kappa shape index (κ2) is 7.29. The second-order valence-corrected chi connectivity index (χ2v) is 5.47. The lowest BCUT2D eigenvalue weighted by atomic mass is 10.0. The molecular weight excluding hydrogens is 308 g/mol. The van der Waals surface area contributed by atoms with Crippen LogP contribution in [-0.4, -0.2) is 31.2 Å². The van der Waals surface area contributed by atoms with Crippen molar-refractivity contribution in [1.29, 1.82) is 0 Å². The molecule has 7 nitrogen and oxygen atoms in total. The van der Waals surface area contributed by atoms with Gasteiger partial charge in [-0.25, -0.2) is 10.9 Å². The van der Waals surface area contributed by atoms with E-state index in [2.05, 4.69) is 21.2 Å². The molecule has 2 atom stereocenters. The van der Waals surface area contributed by atoms with Crippen LogP contribution >= 0.6 is 0 Å². The van der Waals surface area contributed by atoms with E-state index in [0.717, 1.165) is 5.56 Å². The SMILES string of the molecule is COc1ccc(NC(=O)C2CC(c3ccncc3)NN2)cc1OC. The van der Waals surface area contributed by atoms with Gasteiger partial charge in [0, 0.05) is 30.2 Å². The van der Waals surface area contributed by atoms with Gasteiger partial charge in [-0.05, 0) is 36.2 Å². The number of ether oxygens (including phenoxy) is 2. The van der Waals surface area contributed by atoms with Crippen LogP contribution in [0.15, 0.2) is 42.7 Å². The topological polar surface area (TPSA) is 84.5 Å². The molecule has 0 saturated carbocycles. The first-order valence-corrected chi connectivity index (χ1v) is 7.65. The van der Waals surface area contributed by atoms with Gasteiger partial charge in [-0.2, -0.15) is 0 Å². The van der Waals surface area contributed by atoms with Crippen molar-refractivity contribution in [3.63, 3.8) is 0 Å². The maximum atomic E-state index is 12.4. The molecule has 0 bridgehead atoms. The van der Waals surface area contributed by atoms with Crippen molar-refractivity contribution in [1.82, 2.24) is 15.8 Å². The minimum absolute atomic E-state index is 0.0779. The van der Waals surface area contributed by atoms with Crippen LogP contribution in [0.4, 0.5) is 5.69 Å². The Kier molecular flexibility index (Phi) is 4.93. The molecule has 24 heavy (non-hydrogen) atoms. The Hall–Kier alpha value is -2.64. The monoisotopic (exact) mass is 328 g/mol. The number of nitrogens with zero attached hydrogens (tertiary/aromatic N) is 1. The van der Waals surface area contributed by atoms with Crippen molar-refractivity contribution in [3.8, 4) is 11.5 Å². The highest BCUT2D eigenvalue weighted by Crippen LogP contribution is 2.30. The molecule has 1 fully saturated rings. The first-order chi connectivity index (χ1) is 11.7. The quantitative estimate of drug-likeness (QED) is 0.774. The summed E-state index contributed by atoms with van der Waals surface area (Å²) in [6.07, 6.45) is 4.14. The molecule has 2 heterocycles. The minimum Gasteiger partial charge on any atom is -0.493 e. The fraction of sp³-hybridized carbons (Fsp3) is 0.294. The standard InChI is InChI=1S/C17H20N4O3/c1-23-15-4-3-12(9-16(15)24-2)19-17(22)14-10-13(20-21-14)11-5-7-18-8-6-11/h3-9,13-14,20-21H,10H2,1-2H3,(H,19,22). The molecule has 3 N–H and O–H groups in total. The van der Waals surface area contributed by atoms with Crippen molar-refractivity contribution in [3.05, 3.63) is 48.3 Å². The highest BCUT2D eigenvalue weighted by molar-refractivity contribution is 5.95. The van der Waals surface area contributed by atoms with Crippen LogP contribution in [0.3, 0.4) is 0 Å². The minimum atomic E-state index is -0.323. The number of methoxy groups -OCH3 is 2. The summed E-state index contributed by atoms with van der Waals surface area (Å²) in [6.45, 7) is 0. The maximum absolute atomic E-state index is 12.4. The number of hydrogen-bond donors (Lipinski definition) is 3. The van der Waals surface area contributed by atoms with Crippen LogP contribution in [0.2, 0.25) is 0 Å². The van der Waals surface area contributed by atoms with Crippen LogP contribution in [0.5, 0.6) is 11.5 Å². The Labute approximate surface area is 140 Å². The third kappa shape index (κ3) is 3.47. The van der Waals surface area contributed by atoms with E-state index in [1.54, 1.807) is 44.8 Å². The van der Waals surface area contributed by atoms with E-state index in [0.29, 0.717) is 23.6 Å². The third-order valence-corrected chi connectivity index (χ3v) is 3.98. The van der Waals surface area contributed by atoms with Crippen LogP contribution in [0.1, 0.15) is 18.0 Å². The Morgan fingerprint density at radius 3 is 2.58 bits per heavy atom. The molecule has 1 aromatic carbocycles. The summed E-state index contributed by atoms with van der Waals surface area (Å²) in [5, 5.41) is 2.89. The Bertz CT molecular complexity index is 708. The summed E-state index contributed by atoms with van der Waals surface area (Å²) in [5.41, 5.74) is 7.94. The lowest BCUT2D eigenvalue weighted by molar-refractivity contribution is -0.117. The normalized spacial score (nSPS) is 19.8. The first kappa shape index (κ1) is 16.2. The molecule has 3 rings (SSSR count). The molecule has 1 amide bonds. The molecule has 1 aromatic heterocycles. The number of benzene rings is 1. The van der Waals surface area contributed by atoms with Crippen LogP contribution in [0.25, 0.3) is 0 Å². The number of hydrogen-bond acceptors (Lipinski definition) is 6. The number of amides is 1. The largest absolute Gasteiger partial charge is 0.493 e. The zero-order valence-electron chi connectivity index (χ0n) is 13.6. The van der Waals surface area contributed by atoms with Crippen molar-refractivity contribution >= 4 is 11.6 Å². The molecule has 2 aromatic rings. The van der Waals surface area contributed by atoms with E-state index in [4.69, 9.17) is 9.47 Å². The molecule has 1 aliphatic rings. The number of anilines is 1. The average molecular weight is 328 g/mol. The van der Waals surface area contributed by atoms with Gasteiger partial charge in [0.15, 0.2) is 11.5 Å². The zero-order chi connectivity index (χ0) is 16.9. The van der Waals surface area contributed by atoms with Crippen LogP contribution in [0, 0.1) is 0 Å². The smallest absolute Gasteiger partial charge is 0.242 e. The van der Waals surface area contributed by atoms with Gasteiger partial charge >= 0.3 is 0 Å². The van der Waals surface area contributed by atoms with Gasteiger partial charge in [-0.3, -0.25) is 9.78 Å². The van der Waals surface area contributed by atoms with Gasteiger partial charge in [0.2, 0.25) is 5.91 Å². The van der Waals surface area contributed by atoms with Crippen LogP contribution < -0.4 is 25.6 Å². The average Bonchev–Trinajstić information content (AvgIpc) is 3.12. The van der Waals surface area contributed by atoms with E-state index in [1.807, 2.05) is 12.1 Å². The summed E-state index contributed by atoms with van der Waals surface area (Å²) in [5.74, 6) is 1.09. The molecule has 1 aliphatic heterocycles. The van der Waals surface area contributed by atoms with Gasteiger partial charge in [0.05, 0.1) is 14.2 Å². The number of carbonyl (C=O) groups is 1. The highest BCUT2D eigenvalue weighted by atomic mass is 16.5. The predicted molar refractivity (Wildman–Crippen MR) is 89.8 cm³/mol.